The van der Waals surface area contributed by atoms with Gasteiger partial charge in [0.15, 0.2) is 0 Å². The normalized spacial score (nSPS) is 13.6. The molecule has 7 heteroatoms. The van der Waals surface area contributed by atoms with E-state index >= 15 is 0 Å². The van der Waals surface area contributed by atoms with Gasteiger partial charge < -0.3 is 14.3 Å². The van der Waals surface area contributed by atoms with Crippen LogP contribution in [0.3, 0.4) is 0 Å². The number of carbonyl (C=O) groups is 1. The number of aryl methyl sites for hydroxylation is 1. The number of aliphatic hydroxyl groups is 1. The van der Waals surface area contributed by atoms with Gasteiger partial charge in [-0.25, -0.2) is 4.79 Å². The lowest BCUT2D eigenvalue weighted by atomic mass is 10.2. The second-order valence-corrected chi connectivity index (χ2v) is 17.8. The van der Waals surface area contributed by atoms with Crippen LogP contribution in [0.2, 0.25) is 5.04 Å². The molecule has 1 amide bonds. The van der Waals surface area contributed by atoms with Crippen LogP contribution < -0.4 is 10.4 Å². The van der Waals surface area contributed by atoms with Crippen LogP contribution in [0.25, 0.3) is 0 Å². The minimum Gasteiger partial charge on any atom is -0.443 e. The van der Waals surface area contributed by atoms with Gasteiger partial charge in [0.1, 0.15) is 6.61 Å². The molecule has 4 aromatic carbocycles. The number of aliphatic hydroxyl groups excluding tert-OH is 1. The van der Waals surface area contributed by atoms with Crippen molar-refractivity contribution in [1.29, 1.82) is 0 Å². The van der Waals surface area contributed by atoms with Crippen LogP contribution in [0, 0.1) is 6.92 Å². The first-order valence-corrected chi connectivity index (χ1v) is 18.2. The van der Waals surface area contributed by atoms with E-state index in [4.69, 9.17) is 9.16 Å². The summed E-state index contributed by atoms with van der Waals surface area (Å²) < 4.78 is 16.7. The van der Waals surface area contributed by atoms with Crippen molar-refractivity contribution in [1.82, 2.24) is 0 Å². The number of ether oxygens (including phenoxy) is 1. The fraction of sp³-hybridized carbons (Fsp3) is 0.270. The van der Waals surface area contributed by atoms with Gasteiger partial charge in [0.25, 0.3) is 8.32 Å². The van der Waals surface area contributed by atoms with Crippen molar-refractivity contribution >= 4 is 35.5 Å². The van der Waals surface area contributed by atoms with E-state index in [1.165, 1.54) is 10.4 Å². The van der Waals surface area contributed by atoms with Gasteiger partial charge in [0, 0.05) is 17.3 Å². The van der Waals surface area contributed by atoms with Crippen LogP contribution in [0.4, 0.5) is 4.79 Å². The summed E-state index contributed by atoms with van der Waals surface area (Å²) in [6, 6.07) is 38.6. The molecule has 4 rings (SSSR count). The van der Waals surface area contributed by atoms with E-state index in [9.17, 15) is 9.90 Å². The quantitative estimate of drug-likeness (QED) is 0.101. The number of nitrogens with zero attached hydrogens (tertiary/aromatic N) is 1. The minimum atomic E-state index is -2.61. The summed E-state index contributed by atoms with van der Waals surface area (Å²) in [7, 11) is -3.49. The maximum Gasteiger partial charge on any atom is 0.440 e. The molecule has 0 unspecified atom stereocenters. The van der Waals surface area contributed by atoms with E-state index in [1.54, 1.807) is 6.08 Å². The molecule has 1 N–H and O–H groups in total. The van der Waals surface area contributed by atoms with Crippen LogP contribution in [-0.2, 0) is 26.5 Å². The molecule has 44 heavy (non-hydrogen) atoms. The Balaban J connectivity index is 1.44. The maximum absolute atomic E-state index is 12.7. The smallest absolute Gasteiger partial charge is 0.440 e. The van der Waals surface area contributed by atoms with Gasteiger partial charge >= 0.3 is 6.09 Å². The van der Waals surface area contributed by atoms with Crippen LogP contribution in [0.15, 0.2) is 137 Å². The van der Waals surface area contributed by atoms with Gasteiger partial charge in [-0.15, -0.1) is 4.36 Å². The van der Waals surface area contributed by atoms with Gasteiger partial charge in [-0.2, -0.15) is 0 Å². The van der Waals surface area contributed by atoms with E-state index in [2.05, 4.69) is 73.7 Å². The zero-order valence-electron chi connectivity index (χ0n) is 26.1. The lowest BCUT2D eigenvalue weighted by molar-refractivity contribution is 0.151. The second kappa shape index (κ2) is 15.9. The number of benzene rings is 4. The summed E-state index contributed by atoms with van der Waals surface area (Å²) in [6.07, 6.45) is 2.99. The van der Waals surface area contributed by atoms with E-state index in [1.807, 2.05) is 79.7 Å². The van der Waals surface area contributed by atoms with Gasteiger partial charge in [-0.05, 0) is 46.5 Å². The summed E-state index contributed by atoms with van der Waals surface area (Å²) in [5, 5.41) is 13.4. The monoisotopic (exact) mass is 625 g/mol. The van der Waals surface area contributed by atoms with Crippen molar-refractivity contribution in [2.75, 3.05) is 12.4 Å². The Morgan fingerprint density at radius 2 is 1.41 bits per heavy atom. The summed E-state index contributed by atoms with van der Waals surface area (Å²) in [6.45, 7) is 9.48. The molecule has 0 spiro atoms. The third-order valence-electron chi connectivity index (χ3n) is 7.39. The largest absolute Gasteiger partial charge is 0.443 e. The summed E-state index contributed by atoms with van der Waals surface area (Å²) >= 11 is 0. The molecule has 0 aliphatic carbocycles. The molecular formula is C37H43NO4SSi. The third-order valence-corrected chi connectivity index (χ3v) is 14.3. The molecule has 5 nitrogen and oxygen atoms in total. The Morgan fingerprint density at radius 3 is 1.95 bits per heavy atom. The Labute approximate surface area is 265 Å². The topological polar surface area (TPSA) is 68.1 Å². The minimum absolute atomic E-state index is 0.0993. The summed E-state index contributed by atoms with van der Waals surface area (Å²) in [4.78, 5) is 13.5. The Morgan fingerprint density at radius 1 is 0.864 bits per heavy atom. The number of rotatable bonds is 12. The predicted molar refractivity (Wildman–Crippen MR) is 184 cm³/mol. The molecule has 0 bridgehead atoms. The molecule has 0 fully saturated rings. The van der Waals surface area contributed by atoms with Crippen LogP contribution in [0.5, 0.6) is 0 Å². The van der Waals surface area contributed by atoms with Crippen molar-refractivity contribution in [3.05, 3.63) is 139 Å². The lowest BCUT2D eigenvalue weighted by Crippen LogP contribution is -2.66. The number of amides is 1. The molecule has 0 saturated carbocycles. The fourth-order valence-corrected chi connectivity index (χ4v) is 11.3. The first-order valence-electron chi connectivity index (χ1n) is 15.0. The second-order valence-electron chi connectivity index (χ2n) is 11.8. The zero-order chi connectivity index (χ0) is 31.4. The van der Waals surface area contributed by atoms with Crippen molar-refractivity contribution in [3.8, 4) is 0 Å². The molecule has 0 aliphatic rings. The summed E-state index contributed by atoms with van der Waals surface area (Å²) in [5.41, 5.74) is 2.01. The van der Waals surface area contributed by atoms with Gasteiger partial charge in [-0.1, -0.05) is 152 Å². The number of carbonyl (C=O) groups excluding carboxylic acids is 1. The molecule has 230 valence electrons. The first-order chi connectivity index (χ1) is 21.2. The maximum atomic E-state index is 12.7. The van der Waals surface area contributed by atoms with Crippen molar-refractivity contribution < 1.29 is 19.1 Å². The average molecular weight is 626 g/mol. The molecule has 0 saturated heterocycles. The highest BCUT2D eigenvalue weighted by Gasteiger charge is 2.49. The van der Waals surface area contributed by atoms with Crippen LogP contribution >= 0.6 is 0 Å². The first kappa shape index (κ1) is 33.3. The van der Waals surface area contributed by atoms with Crippen LogP contribution in [0.1, 0.15) is 38.3 Å². The molecule has 0 radical (unpaired) electrons. The average Bonchev–Trinajstić information content (AvgIpc) is 3.02. The van der Waals surface area contributed by atoms with E-state index in [0.717, 1.165) is 16.0 Å². The molecule has 0 aliphatic heterocycles. The van der Waals surface area contributed by atoms with Crippen LogP contribution in [-0.4, -0.2) is 38.0 Å². The predicted octanol–water partition coefficient (Wildman–Crippen LogP) is 7.38. The van der Waals surface area contributed by atoms with Crippen molar-refractivity contribution in [3.63, 3.8) is 0 Å². The van der Waals surface area contributed by atoms with Crippen molar-refractivity contribution in [2.24, 2.45) is 4.36 Å². The highest BCUT2D eigenvalue weighted by molar-refractivity contribution is 7.87. The number of hydrogen-bond acceptors (Lipinski definition) is 4. The SMILES string of the molecule is Cc1ccc(/[S@@](C[C@@H](O)/C=C/CCO[Si](c2ccccc2)(c2ccccc2)C(C)(C)C)=N/C(=O)OCc2ccccc2)cc1. The Hall–Kier alpha value is -3.62. The third kappa shape index (κ3) is 8.95. The Kier molecular flexibility index (Phi) is 12.0. The zero-order valence-corrected chi connectivity index (χ0v) is 27.9. The lowest BCUT2D eigenvalue weighted by Gasteiger charge is -2.43. The van der Waals surface area contributed by atoms with Gasteiger partial charge in [0.2, 0.25) is 0 Å². The highest BCUT2D eigenvalue weighted by Crippen LogP contribution is 2.36. The summed E-state index contributed by atoms with van der Waals surface area (Å²) in [5.74, 6) is 0.287. The van der Waals surface area contributed by atoms with Gasteiger partial charge in [-0.3, -0.25) is 0 Å². The molecule has 0 heterocycles. The molecular weight excluding hydrogens is 583 g/mol. The van der Waals surface area contributed by atoms with E-state index in [0.29, 0.717) is 13.0 Å². The standard InChI is InChI=1S/C37H43NO4SSi/c1-30-23-25-33(26-24-30)43(38-36(40)41-28-31-16-8-5-9-17-31)29-32(39)18-14-15-27-42-44(37(2,3)4,34-19-10-6-11-20-34)35-21-12-7-13-22-35/h5-14,16-26,32,39H,15,27-29H2,1-4H3/b18-14+/t32-,43+/m0/s1. The molecule has 2 atom stereocenters. The van der Waals surface area contributed by atoms with Crippen molar-refractivity contribution in [2.45, 2.75) is 56.8 Å². The van der Waals surface area contributed by atoms with E-state index < -0.39 is 31.2 Å². The number of hydrogen-bond donors (Lipinski definition) is 1. The Bertz CT molecular complexity index is 1480. The molecule has 4 aromatic rings. The fourth-order valence-electron chi connectivity index (χ4n) is 5.23. The highest BCUT2D eigenvalue weighted by atomic mass is 32.2. The van der Waals surface area contributed by atoms with E-state index in [-0.39, 0.29) is 17.4 Å². The van der Waals surface area contributed by atoms with Gasteiger partial charge in [0.05, 0.1) is 6.10 Å². The molecule has 0 aromatic heterocycles.